The third-order valence-corrected chi connectivity index (χ3v) is 5.02. The van der Waals surface area contributed by atoms with Crippen LogP contribution in [0, 0.1) is 0 Å². The molecule has 6 nitrogen and oxygen atoms in total. The molecule has 0 saturated heterocycles. The Labute approximate surface area is 155 Å². The van der Waals surface area contributed by atoms with Crippen LogP contribution in [-0.2, 0) is 21.2 Å². The van der Waals surface area contributed by atoms with Gasteiger partial charge in [0.25, 0.3) is 0 Å². The normalized spacial score (nSPS) is 12.1. The van der Waals surface area contributed by atoms with Crippen molar-refractivity contribution in [1.29, 1.82) is 0 Å². The molecule has 7 heteroatoms. The number of hydrogen-bond acceptors (Lipinski definition) is 4. The van der Waals surface area contributed by atoms with Gasteiger partial charge in [0.15, 0.2) is 0 Å². The summed E-state index contributed by atoms with van der Waals surface area (Å²) >= 11 is 0. The molecule has 0 aliphatic rings. The first-order valence-corrected chi connectivity index (χ1v) is 10.2. The van der Waals surface area contributed by atoms with Crippen molar-refractivity contribution in [2.45, 2.75) is 32.8 Å². The van der Waals surface area contributed by atoms with E-state index in [-0.39, 0.29) is 18.8 Å². The van der Waals surface area contributed by atoms with Gasteiger partial charge in [-0.1, -0.05) is 42.5 Å². The van der Waals surface area contributed by atoms with E-state index < -0.39 is 21.7 Å². The molecular weight excluding hydrogens is 352 g/mol. The minimum atomic E-state index is -3.42. The lowest BCUT2D eigenvalue weighted by Crippen LogP contribution is -2.38. The molecule has 2 aromatic rings. The van der Waals surface area contributed by atoms with Crippen LogP contribution >= 0.6 is 0 Å². The van der Waals surface area contributed by atoms with Gasteiger partial charge in [-0.15, -0.1) is 0 Å². The number of rotatable bonds is 7. The molecule has 2 N–H and O–H groups in total. The fourth-order valence-corrected chi connectivity index (χ4v) is 3.56. The molecule has 0 aliphatic heterocycles. The molecule has 0 aromatic heterocycles. The maximum atomic E-state index is 12.2. The van der Waals surface area contributed by atoms with E-state index in [2.05, 4.69) is 10.0 Å². The Morgan fingerprint density at radius 2 is 1.73 bits per heavy atom. The number of hydrogen-bond donors (Lipinski definition) is 2. The van der Waals surface area contributed by atoms with Crippen LogP contribution in [0.3, 0.4) is 0 Å². The van der Waals surface area contributed by atoms with Crippen LogP contribution in [0.25, 0.3) is 10.8 Å². The van der Waals surface area contributed by atoms with E-state index in [1.165, 1.54) is 0 Å². The lowest BCUT2D eigenvalue weighted by molar-refractivity contribution is 0.0529. The number of amides is 1. The predicted molar refractivity (Wildman–Crippen MR) is 104 cm³/mol. The highest BCUT2D eigenvalue weighted by molar-refractivity contribution is 7.89. The van der Waals surface area contributed by atoms with Crippen LogP contribution in [-0.4, -0.2) is 39.0 Å². The van der Waals surface area contributed by atoms with Crippen LogP contribution in [0.15, 0.2) is 42.5 Å². The molecular formula is C19H26N2O4S. The minimum absolute atomic E-state index is 0.00650. The van der Waals surface area contributed by atoms with E-state index >= 15 is 0 Å². The molecule has 2 aromatic carbocycles. The standard InChI is InChI=1S/C19H26N2O4S/c1-19(2,3)25-18(22)20-12-13-21-26(23,24)14-11-16-9-6-8-15-7-4-5-10-17(15)16/h4-10,21H,11-14H2,1-3H3,(H,20,22). The molecule has 0 spiro atoms. The first-order valence-electron chi connectivity index (χ1n) is 8.57. The van der Waals surface area contributed by atoms with Gasteiger partial charge in [-0.2, -0.15) is 0 Å². The van der Waals surface area contributed by atoms with Crippen LogP contribution in [0.2, 0.25) is 0 Å². The fraction of sp³-hybridized carbons (Fsp3) is 0.421. The summed E-state index contributed by atoms with van der Waals surface area (Å²) in [6, 6.07) is 13.8. The largest absolute Gasteiger partial charge is 0.444 e. The second-order valence-corrected chi connectivity index (χ2v) is 8.96. The number of nitrogens with one attached hydrogen (secondary N) is 2. The lowest BCUT2D eigenvalue weighted by Gasteiger charge is -2.19. The second kappa shape index (κ2) is 8.51. The van der Waals surface area contributed by atoms with E-state index in [4.69, 9.17) is 4.74 Å². The average molecular weight is 378 g/mol. The van der Waals surface area contributed by atoms with Gasteiger partial charge in [-0.05, 0) is 43.5 Å². The van der Waals surface area contributed by atoms with Crippen LogP contribution in [0.1, 0.15) is 26.3 Å². The number of alkyl carbamates (subject to hydrolysis) is 1. The zero-order chi connectivity index (χ0) is 19.2. The van der Waals surface area contributed by atoms with Crippen molar-refractivity contribution < 1.29 is 17.9 Å². The topological polar surface area (TPSA) is 84.5 Å². The van der Waals surface area contributed by atoms with Crippen molar-refractivity contribution in [2.75, 3.05) is 18.8 Å². The molecule has 2 rings (SSSR count). The molecule has 142 valence electrons. The van der Waals surface area contributed by atoms with Gasteiger partial charge in [0, 0.05) is 13.1 Å². The average Bonchev–Trinajstić information content (AvgIpc) is 2.55. The molecule has 0 bridgehead atoms. The first-order chi connectivity index (χ1) is 12.2. The summed E-state index contributed by atoms with van der Waals surface area (Å²) < 4.78 is 31.9. The van der Waals surface area contributed by atoms with Crippen molar-refractivity contribution in [3.05, 3.63) is 48.0 Å². The highest BCUT2D eigenvalue weighted by atomic mass is 32.2. The first kappa shape index (κ1) is 20.2. The molecule has 0 radical (unpaired) electrons. The number of aryl methyl sites for hydroxylation is 1. The maximum absolute atomic E-state index is 12.2. The quantitative estimate of drug-likeness (QED) is 0.726. The number of carbonyl (C=O) groups excluding carboxylic acids is 1. The summed E-state index contributed by atoms with van der Waals surface area (Å²) in [6.07, 6.45) is -0.136. The summed E-state index contributed by atoms with van der Waals surface area (Å²) in [5.41, 5.74) is 0.419. The minimum Gasteiger partial charge on any atom is -0.444 e. The van der Waals surface area contributed by atoms with Crippen LogP contribution in [0.5, 0.6) is 0 Å². The molecule has 1 amide bonds. The number of fused-ring (bicyclic) bond motifs is 1. The molecule has 0 heterocycles. The monoisotopic (exact) mass is 378 g/mol. The molecule has 0 aliphatic carbocycles. The van der Waals surface area contributed by atoms with E-state index in [0.29, 0.717) is 6.42 Å². The van der Waals surface area contributed by atoms with Crippen molar-refractivity contribution in [2.24, 2.45) is 0 Å². The summed E-state index contributed by atoms with van der Waals surface area (Å²) in [7, 11) is -3.42. The highest BCUT2D eigenvalue weighted by Crippen LogP contribution is 2.19. The Hall–Kier alpha value is -2.12. The van der Waals surface area contributed by atoms with Gasteiger partial charge >= 0.3 is 6.09 Å². The van der Waals surface area contributed by atoms with Crippen molar-refractivity contribution in [3.63, 3.8) is 0 Å². The van der Waals surface area contributed by atoms with Crippen molar-refractivity contribution in [3.8, 4) is 0 Å². The summed E-state index contributed by atoms with van der Waals surface area (Å²) in [5.74, 6) is -0.00650. The van der Waals surface area contributed by atoms with Gasteiger partial charge in [0.05, 0.1) is 5.75 Å². The Morgan fingerprint density at radius 1 is 1.04 bits per heavy atom. The molecule has 0 saturated carbocycles. The lowest BCUT2D eigenvalue weighted by atomic mass is 10.0. The van der Waals surface area contributed by atoms with Crippen LogP contribution in [0.4, 0.5) is 4.79 Å². The van der Waals surface area contributed by atoms with Gasteiger partial charge in [-0.25, -0.2) is 17.9 Å². The predicted octanol–water partition coefficient (Wildman–Crippen LogP) is 2.83. The summed E-state index contributed by atoms with van der Waals surface area (Å²) in [4.78, 5) is 11.5. The van der Waals surface area contributed by atoms with Crippen molar-refractivity contribution in [1.82, 2.24) is 10.0 Å². The SMILES string of the molecule is CC(C)(C)OC(=O)NCCNS(=O)(=O)CCc1cccc2ccccc12. The third-order valence-electron chi connectivity index (χ3n) is 3.64. The number of benzene rings is 2. The van der Waals surface area contributed by atoms with Gasteiger partial charge in [0.2, 0.25) is 10.0 Å². The Kier molecular flexibility index (Phi) is 6.61. The van der Waals surface area contributed by atoms with E-state index in [1.807, 2.05) is 42.5 Å². The molecule has 0 atom stereocenters. The molecule has 0 unspecified atom stereocenters. The fourth-order valence-electron chi connectivity index (χ4n) is 2.51. The highest BCUT2D eigenvalue weighted by Gasteiger charge is 2.16. The van der Waals surface area contributed by atoms with Gasteiger partial charge in [0.1, 0.15) is 5.60 Å². The summed E-state index contributed by atoms with van der Waals surface area (Å²) in [6.45, 7) is 5.59. The van der Waals surface area contributed by atoms with E-state index in [1.54, 1.807) is 20.8 Å². The van der Waals surface area contributed by atoms with Gasteiger partial charge in [-0.3, -0.25) is 0 Å². The Morgan fingerprint density at radius 3 is 2.46 bits per heavy atom. The summed E-state index contributed by atoms with van der Waals surface area (Å²) in [5, 5.41) is 4.68. The number of sulfonamides is 1. The van der Waals surface area contributed by atoms with E-state index in [9.17, 15) is 13.2 Å². The second-order valence-electron chi connectivity index (χ2n) is 7.03. The Balaban J connectivity index is 1.81. The van der Waals surface area contributed by atoms with Gasteiger partial charge < -0.3 is 10.1 Å². The zero-order valence-electron chi connectivity index (χ0n) is 15.4. The number of carbonyl (C=O) groups is 1. The molecule has 26 heavy (non-hydrogen) atoms. The smallest absolute Gasteiger partial charge is 0.407 e. The van der Waals surface area contributed by atoms with Crippen molar-refractivity contribution >= 4 is 26.9 Å². The van der Waals surface area contributed by atoms with Crippen LogP contribution < -0.4 is 10.0 Å². The number of ether oxygens (including phenoxy) is 1. The Bertz CT molecular complexity index is 852. The third kappa shape index (κ3) is 6.65. The molecule has 0 fully saturated rings. The van der Waals surface area contributed by atoms with E-state index in [0.717, 1.165) is 16.3 Å². The maximum Gasteiger partial charge on any atom is 0.407 e. The zero-order valence-corrected chi connectivity index (χ0v) is 16.2.